The van der Waals surface area contributed by atoms with Crippen molar-refractivity contribution in [3.8, 4) is 5.75 Å². The average molecular weight is 283 g/mol. The monoisotopic (exact) mass is 283 g/mol. The molecule has 0 saturated heterocycles. The Labute approximate surface area is 126 Å². The van der Waals surface area contributed by atoms with Gasteiger partial charge in [-0.3, -0.25) is 4.79 Å². The second-order valence-corrected chi connectivity index (χ2v) is 5.09. The van der Waals surface area contributed by atoms with E-state index in [2.05, 4.69) is 0 Å². The summed E-state index contributed by atoms with van der Waals surface area (Å²) in [5.41, 5.74) is 2.27. The fourth-order valence-electron chi connectivity index (χ4n) is 2.22. The molecule has 3 nitrogen and oxygen atoms in total. The molecule has 0 bridgehead atoms. The van der Waals surface area contributed by atoms with Crippen molar-refractivity contribution in [1.29, 1.82) is 0 Å². The molecule has 0 fully saturated rings. The predicted octanol–water partition coefficient (Wildman–Crippen LogP) is 3.29. The third kappa shape index (κ3) is 4.63. The molecular formula is C18H21NO2. The van der Waals surface area contributed by atoms with Crippen molar-refractivity contribution in [3.63, 3.8) is 0 Å². The summed E-state index contributed by atoms with van der Waals surface area (Å²) in [6, 6.07) is 17.9. The zero-order chi connectivity index (χ0) is 15.1. The molecule has 0 heterocycles. The van der Waals surface area contributed by atoms with Gasteiger partial charge in [0.25, 0.3) is 0 Å². The zero-order valence-corrected chi connectivity index (χ0v) is 12.6. The van der Waals surface area contributed by atoms with Crippen molar-refractivity contribution in [3.05, 3.63) is 65.7 Å². The molecule has 0 saturated carbocycles. The molecule has 2 rings (SSSR count). The lowest BCUT2D eigenvalue weighted by atomic mass is 10.1. The zero-order valence-electron chi connectivity index (χ0n) is 12.6. The smallest absolute Gasteiger partial charge is 0.222 e. The van der Waals surface area contributed by atoms with Crippen LogP contribution in [0.2, 0.25) is 0 Å². The molecule has 0 aliphatic heterocycles. The second-order valence-electron chi connectivity index (χ2n) is 5.09. The number of hydrogen-bond acceptors (Lipinski definition) is 2. The maximum absolute atomic E-state index is 12.2. The predicted molar refractivity (Wildman–Crippen MR) is 84.2 cm³/mol. The van der Waals surface area contributed by atoms with Crippen LogP contribution in [0, 0.1) is 0 Å². The summed E-state index contributed by atoms with van der Waals surface area (Å²) in [5, 5.41) is 0. The first-order chi connectivity index (χ1) is 10.2. The van der Waals surface area contributed by atoms with Gasteiger partial charge >= 0.3 is 0 Å². The molecular weight excluding hydrogens is 262 g/mol. The molecule has 0 aromatic heterocycles. The maximum atomic E-state index is 12.2. The van der Waals surface area contributed by atoms with Gasteiger partial charge < -0.3 is 9.64 Å². The van der Waals surface area contributed by atoms with Gasteiger partial charge in [-0.1, -0.05) is 42.5 Å². The maximum Gasteiger partial charge on any atom is 0.222 e. The largest absolute Gasteiger partial charge is 0.497 e. The van der Waals surface area contributed by atoms with Crippen LogP contribution < -0.4 is 4.74 Å². The molecule has 3 heteroatoms. The van der Waals surface area contributed by atoms with Gasteiger partial charge in [-0.15, -0.1) is 0 Å². The number of rotatable bonds is 6. The number of nitrogens with zero attached hydrogens (tertiary/aromatic N) is 1. The van der Waals surface area contributed by atoms with Crippen molar-refractivity contribution >= 4 is 5.91 Å². The molecule has 0 atom stereocenters. The van der Waals surface area contributed by atoms with E-state index in [9.17, 15) is 4.79 Å². The lowest BCUT2D eigenvalue weighted by Crippen LogP contribution is -2.26. The number of carbonyl (C=O) groups excluding carboxylic acids is 1. The first-order valence-electron chi connectivity index (χ1n) is 7.10. The summed E-state index contributed by atoms with van der Waals surface area (Å²) >= 11 is 0. The van der Waals surface area contributed by atoms with Gasteiger partial charge in [-0.05, 0) is 29.7 Å². The topological polar surface area (TPSA) is 29.5 Å². The van der Waals surface area contributed by atoms with Crippen molar-refractivity contribution in [2.75, 3.05) is 14.2 Å². The molecule has 0 aliphatic carbocycles. The fourth-order valence-corrected chi connectivity index (χ4v) is 2.22. The highest BCUT2D eigenvalue weighted by molar-refractivity contribution is 5.76. The van der Waals surface area contributed by atoms with Crippen LogP contribution in [-0.4, -0.2) is 25.0 Å². The van der Waals surface area contributed by atoms with Crippen LogP contribution in [0.15, 0.2) is 54.6 Å². The van der Waals surface area contributed by atoms with E-state index >= 15 is 0 Å². The molecule has 1 amide bonds. The minimum atomic E-state index is 0.154. The van der Waals surface area contributed by atoms with E-state index in [1.54, 1.807) is 12.0 Å². The van der Waals surface area contributed by atoms with Crippen molar-refractivity contribution in [1.82, 2.24) is 4.90 Å². The van der Waals surface area contributed by atoms with E-state index in [0.29, 0.717) is 13.0 Å². The summed E-state index contributed by atoms with van der Waals surface area (Å²) in [6.45, 7) is 0.651. The number of hydrogen-bond donors (Lipinski definition) is 0. The summed E-state index contributed by atoms with van der Waals surface area (Å²) in [7, 11) is 3.50. The van der Waals surface area contributed by atoms with E-state index in [1.807, 2.05) is 61.6 Å². The summed E-state index contributed by atoms with van der Waals surface area (Å²) < 4.78 is 5.19. The van der Waals surface area contributed by atoms with Crippen molar-refractivity contribution < 1.29 is 9.53 Å². The van der Waals surface area contributed by atoms with E-state index in [0.717, 1.165) is 23.3 Å². The Morgan fingerprint density at radius 1 is 1.05 bits per heavy atom. The highest BCUT2D eigenvalue weighted by atomic mass is 16.5. The highest BCUT2D eigenvalue weighted by Crippen LogP contribution is 2.14. The number of ether oxygens (including phenoxy) is 1. The normalized spacial score (nSPS) is 10.2. The van der Waals surface area contributed by atoms with Crippen LogP contribution in [0.5, 0.6) is 5.75 Å². The van der Waals surface area contributed by atoms with Crippen LogP contribution in [0.3, 0.4) is 0 Å². The number of amides is 1. The molecule has 0 N–H and O–H groups in total. The summed E-state index contributed by atoms with van der Waals surface area (Å²) in [5.74, 6) is 0.985. The molecule has 0 radical (unpaired) electrons. The first-order valence-corrected chi connectivity index (χ1v) is 7.10. The van der Waals surface area contributed by atoms with Crippen LogP contribution in [-0.2, 0) is 17.8 Å². The standard InChI is InChI=1S/C18H21NO2/c1-19(14-16-7-4-3-5-8-16)18(20)12-11-15-9-6-10-17(13-15)21-2/h3-10,13H,11-12,14H2,1-2H3. The van der Waals surface area contributed by atoms with E-state index in [-0.39, 0.29) is 5.91 Å². The fraction of sp³-hybridized carbons (Fsp3) is 0.278. The Bertz CT molecular complexity index is 581. The minimum absolute atomic E-state index is 0.154. The molecule has 0 unspecified atom stereocenters. The van der Waals surface area contributed by atoms with E-state index in [4.69, 9.17) is 4.74 Å². The molecule has 2 aromatic carbocycles. The summed E-state index contributed by atoms with van der Waals surface area (Å²) in [4.78, 5) is 13.9. The van der Waals surface area contributed by atoms with Gasteiger partial charge in [0.1, 0.15) is 5.75 Å². The van der Waals surface area contributed by atoms with Crippen LogP contribution >= 0.6 is 0 Å². The molecule has 21 heavy (non-hydrogen) atoms. The van der Waals surface area contributed by atoms with Crippen molar-refractivity contribution in [2.24, 2.45) is 0 Å². The molecule has 0 aliphatic rings. The SMILES string of the molecule is COc1cccc(CCC(=O)N(C)Cc2ccccc2)c1. The van der Waals surface area contributed by atoms with Crippen LogP contribution in [0.4, 0.5) is 0 Å². The first kappa shape index (κ1) is 15.1. The van der Waals surface area contributed by atoms with Gasteiger partial charge in [0.05, 0.1) is 7.11 Å². The quantitative estimate of drug-likeness (QED) is 0.814. The average Bonchev–Trinajstić information content (AvgIpc) is 2.53. The third-order valence-corrected chi connectivity index (χ3v) is 3.45. The Morgan fingerprint density at radius 2 is 1.76 bits per heavy atom. The molecule has 2 aromatic rings. The van der Waals surface area contributed by atoms with E-state index < -0.39 is 0 Å². The molecule has 110 valence electrons. The number of aryl methyl sites for hydroxylation is 1. The van der Waals surface area contributed by atoms with Gasteiger partial charge in [0.15, 0.2) is 0 Å². The number of methoxy groups -OCH3 is 1. The Morgan fingerprint density at radius 3 is 2.48 bits per heavy atom. The van der Waals surface area contributed by atoms with Gasteiger partial charge in [-0.25, -0.2) is 0 Å². The molecule has 0 spiro atoms. The lowest BCUT2D eigenvalue weighted by molar-refractivity contribution is -0.130. The second kappa shape index (κ2) is 7.48. The van der Waals surface area contributed by atoms with Gasteiger partial charge in [0, 0.05) is 20.0 Å². The lowest BCUT2D eigenvalue weighted by Gasteiger charge is -2.17. The van der Waals surface area contributed by atoms with Gasteiger partial charge in [-0.2, -0.15) is 0 Å². The Kier molecular flexibility index (Phi) is 5.38. The van der Waals surface area contributed by atoms with Crippen molar-refractivity contribution in [2.45, 2.75) is 19.4 Å². The third-order valence-electron chi connectivity index (χ3n) is 3.45. The van der Waals surface area contributed by atoms with E-state index in [1.165, 1.54) is 0 Å². The number of carbonyl (C=O) groups is 1. The van der Waals surface area contributed by atoms with Crippen LogP contribution in [0.25, 0.3) is 0 Å². The minimum Gasteiger partial charge on any atom is -0.497 e. The van der Waals surface area contributed by atoms with Gasteiger partial charge in [0.2, 0.25) is 5.91 Å². The number of benzene rings is 2. The summed E-state index contributed by atoms with van der Waals surface area (Å²) in [6.07, 6.45) is 1.24. The Balaban J connectivity index is 1.86. The Hall–Kier alpha value is -2.29. The van der Waals surface area contributed by atoms with Crippen LogP contribution in [0.1, 0.15) is 17.5 Å². The highest BCUT2D eigenvalue weighted by Gasteiger charge is 2.09.